The highest BCUT2D eigenvalue weighted by molar-refractivity contribution is 5.85. The van der Waals surface area contributed by atoms with E-state index in [1.165, 1.54) is 0 Å². The van der Waals surface area contributed by atoms with Crippen LogP contribution in [0.25, 0.3) is 0 Å². The average Bonchev–Trinajstić information content (AvgIpc) is 1.62. The molecule has 0 bridgehead atoms. The highest BCUT2D eigenvalue weighted by atomic mass is 35.5. The first-order chi connectivity index (χ1) is 3.48. The van der Waals surface area contributed by atoms with E-state index < -0.39 is 18.8 Å². The second-order valence-electron chi connectivity index (χ2n) is 1.29. The zero-order valence-electron chi connectivity index (χ0n) is 4.35. The Morgan fingerprint density at radius 2 is 1.78 bits per heavy atom. The van der Waals surface area contributed by atoms with Crippen molar-refractivity contribution in [2.45, 2.75) is 12.3 Å². The van der Waals surface area contributed by atoms with Gasteiger partial charge in [0.15, 0.2) is 6.10 Å². The van der Waals surface area contributed by atoms with E-state index in [4.69, 9.17) is 5.11 Å². The molecule has 0 radical (unpaired) electrons. The summed E-state index contributed by atoms with van der Waals surface area (Å²) in [4.78, 5) is 0. The van der Waals surface area contributed by atoms with Gasteiger partial charge in [-0.05, 0) is 0 Å². The largest absolute Gasteiger partial charge is 0.415 e. The number of alkyl halides is 3. The van der Waals surface area contributed by atoms with Crippen LogP contribution in [0.3, 0.4) is 0 Å². The molecular weight excluding hydrogens is 158 g/mol. The minimum atomic E-state index is -4.56. The van der Waals surface area contributed by atoms with E-state index in [1.54, 1.807) is 0 Å². The second-order valence-corrected chi connectivity index (χ2v) is 1.29. The Balaban J connectivity index is 0. The molecule has 0 aliphatic carbocycles. The molecular formula is C3H7ClF3NO. The van der Waals surface area contributed by atoms with Gasteiger partial charge in [0.05, 0.1) is 0 Å². The first kappa shape index (κ1) is 11.8. The van der Waals surface area contributed by atoms with Crippen LogP contribution in [0.4, 0.5) is 13.2 Å². The summed E-state index contributed by atoms with van der Waals surface area (Å²) in [6.07, 6.45) is -6.93. The summed E-state index contributed by atoms with van der Waals surface area (Å²) in [5.41, 5.74) is 4.49. The van der Waals surface area contributed by atoms with Crippen molar-refractivity contribution in [1.29, 1.82) is 0 Å². The van der Waals surface area contributed by atoms with Crippen molar-refractivity contribution in [3.63, 3.8) is 0 Å². The average molecular weight is 166 g/mol. The standard InChI is InChI=1S/C3H6F3NO.ClH/c4-3(5,6)2(8)1-7;/h2,8H,1,7H2;1H. The van der Waals surface area contributed by atoms with Crippen LogP contribution in [0.5, 0.6) is 0 Å². The summed E-state index contributed by atoms with van der Waals surface area (Å²) in [7, 11) is 0. The zero-order valence-corrected chi connectivity index (χ0v) is 5.17. The molecule has 6 heteroatoms. The number of hydrogen-bond acceptors (Lipinski definition) is 2. The van der Waals surface area contributed by atoms with Gasteiger partial charge < -0.3 is 10.8 Å². The Bertz CT molecular complexity index is 75.9. The number of aliphatic hydroxyl groups excluding tert-OH is 1. The van der Waals surface area contributed by atoms with E-state index in [0.29, 0.717) is 0 Å². The molecule has 3 N–H and O–H groups in total. The molecule has 1 atom stereocenters. The van der Waals surface area contributed by atoms with E-state index in [0.717, 1.165) is 0 Å². The fourth-order valence-electron chi connectivity index (χ4n) is 0.134. The third kappa shape index (κ3) is 4.50. The van der Waals surface area contributed by atoms with Crippen LogP contribution in [0.2, 0.25) is 0 Å². The molecule has 0 aromatic carbocycles. The summed E-state index contributed by atoms with van der Waals surface area (Å²) in [6.45, 7) is -0.774. The number of hydrogen-bond donors (Lipinski definition) is 2. The van der Waals surface area contributed by atoms with Crippen molar-refractivity contribution in [2.75, 3.05) is 6.54 Å². The van der Waals surface area contributed by atoms with Crippen LogP contribution in [0.15, 0.2) is 0 Å². The maximum Gasteiger partial charge on any atom is 0.415 e. The fraction of sp³-hybridized carbons (Fsp3) is 1.00. The Morgan fingerprint density at radius 1 is 1.44 bits per heavy atom. The predicted molar refractivity (Wildman–Crippen MR) is 28.4 cm³/mol. The van der Waals surface area contributed by atoms with Gasteiger partial charge in [-0.3, -0.25) is 0 Å². The van der Waals surface area contributed by atoms with E-state index in [1.807, 2.05) is 0 Å². The molecule has 0 fully saturated rings. The first-order valence-electron chi connectivity index (χ1n) is 1.93. The molecule has 0 aliphatic rings. The summed E-state index contributed by atoms with van der Waals surface area (Å²) >= 11 is 0. The van der Waals surface area contributed by atoms with Crippen molar-refractivity contribution in [3.8, 4) is 0 Å². The molecule has 0 heterocycles. The van der Waals surface area contributed by atoms with Gasteiger partial charge in [0.25, 0.3) is 0 Å². The van der Waals surface area contributed by atoms with E-state index in [-0.39, 0.29) is 12.4 Å². The molecule has 0 aromatic heterocycles. The molecule has 0 spiro atoms. The first-order valence-corrected chi connectivity index (χ1v) is 1.93. The van der Waals surface area contributed by atoms with Crippen molar-refractivity contribution in [1.82, 2.24) is 0 Å². The van der Waals surface area contributed by atoms with Crippen LogP contribution >= 0.6 is 12.4 Å². The zero-order chi connectivity index (χ0) is 6.78. The topological polar surface area (TPSA) is 46.2 Å². The quantitative estimate of drug-likeness (QED) is 0.587. The number of halogens is 4. The summed E-state index contributed by atoms with van der Waals surface area (Å²) in [5, 5.41) is 7.94. The monoisotopic (exact) mass is 165 g/mol. The van der Waals surface area contributed by atoms with Crippen LogP contribution in [0.1, 0.15) is 0 Å². The Hall–Kier alpha value is -0.0000000000000000555. The van der Waals surface area contributed by atoms with Gasteiger partial charge in [0.2, 0.25) is 0 Å². The maximum absolute atomic E-state index is 11.1. The molecule has 0 amide bonds. The SMILES string of the molecule is Cl.NCC(O)C(F)(F)F. The fourth-order valence-corrected chi connectivity index (χ4v) is 0.134. The number of nitrogens with two attached hydrogens (primary N) is 1. The lowest BCUT2D eigenvalue weighted by molar-refractivity contribution is -0.200. The van der Waals surface area contributed by atoms with Gasteiger partial charge in [-0.1, -0.05) is 0 Å². The third-order valence-corrected chi connectivity index (χ3v) is 0.601. The minimum Gasteiger partial charge on any atom is -0.382 e. The molecule has 2 nitrogen and oxygen atoms in total. The van der Waals surface area contributed by atoms with Crippen LogP contribution in [0, 0.1) is 0 Å². The molecule has 9 heavy (non-hydrogen) atoms. The molecule has 0 aliphatic heterocycles. The van der Waals surface area contributed by atoms with Gasteiger partial charge in [-0.15, -0.1) is 12.4 Å². The van der Waals surface area contributed by atoms with E-state index in [2.05, 4.69) is 5.73 Å². The lowest BCUT2D eigenvalue weighted by Crippen LogP contribution is -2.35. The smallest absolute Gasteiger partial charge is 0.382 e. The van der Waals surface area contributed by atoms with Crippen LogP contribution in [-0.4, -0.2) is 23.9 Å². The molecule has 0 saturated heterocycles. The molecule has 0 saturated carbocycles. The lowest BCUT2D eigenvalue weighted by Gasteiger charge is -2.10. The predicted octanol–water partition coefficient (Wildman–Crippen LogP) is 0.290. The van der Waals surface area contributed by atoms with Crippen molar-refractivity contribution in [3.05, 3.63) is 0 Å². The Kier molecular flexibility index (Phi) is 5.12. The van der Waals surface area contributed by atoms with Gasteiger partial charge in [-0.25, -0.2) is 0 Å². The van der Waals surface area contributed by atoms with Crippen molar-refractivity contribution >= 4 is 12.4 Å². The Morgan fingerprint density at radius 3 is 1.78 bits per heavy atom. The second kappa shape index (κ2) is 3.92. The maximum atomic E-state index is 11.1. The van der Waals surface area contributed by atoms with Gasteiger partial charge >= 0.3 is 6.18 Å². The van der Waals surface area contributed by atoms with Gasteiger partial charge in [0.1, 0.15) is 0 Å². The van der Waals surface area contributed by atoms with E-state index in [9.17, 15) is 13.2 Å². The minimum absolute atomic E-state index is 0. The Labute approximate surface area is 56.3 Å². The number of rotatable bonds is 1. The molecule has 0 aromatic rings. The molecule has 58 valence electrons. The summed E-state index contributed by atoms with van der Waals surface area (Å²) < 4.78 is 33.4. The summed E-state index contributed by atoms with van der Waals surface area (Å²) in [5.74, 6) is 0. The van der Waals surface area contributed by atoms with Crippen molar-refractivity contribution in [2.24, 2.45) is 5.73 Å². The van der Waals surface area contributed by atoms with Crippen LogP contribution < -0.4 is 5.73 Å². The number of aliphatic hydroxyl groups is 1. The highest BCUT2D eigenvalue weighted by Gasteiger charge is 2.36. The lowest BCUT2D eigenvalue weighted by atomic mass is 10.4. The molecule has 0 rings (SSSR count). The van der Waals surface area contributed by atoms with Crippen molar-refractivity contribution < 1.29 is 18.3 Å². The van der Waals surface area contributed by atoms with E-state index >= 15 is 0 Å². The normalized spacial score (nSPS) is 14.3. The third-order valence-electron chi connectivity index (χ3n) is 0.601. The van der Waals surface area contributed by atoms with Crippen LogP contribution in [-0.2, 0) is 0 Å². The van der Waals surface area contributed by atoms with Gasteiger partial charge in [-0.2, -0.15) is 13.2 Å². The highest BCUT2D eigenvalue weighted by Crippen LogP contribution is 2.18. The van der Waals surface area contributed by atoms with Gasteiger partial charge in [0, 0.05) is 6.54 Å². The summed E-state index contributed by atoms with van der Waals surface area (Å²) in [6, 6.07) is 0. The molecule has 1 unspecified atom stereocenters.